The Hall–Kier alpha value is -2.56. The highest BCUT2D eigenvalue weighted by Gasteiger charge is 2.16. The van der Waals surface area contributed by atoms with E-state index >= 15 is 0 Å². The lowest BCUT2D eigenvalue weighted by molar-refractivity contribution is 0.0890. The number of aromatic nitrogens is 2. The van der Waals surface area contributed by atoms with Gasteiger partial charge in [0.1, 0.15) is 17.8 Å². The fourth-order valence-electron chi connectivity index (χ4n) is 1.50. The van der Waals surface area contributed by atoms with Crippen molar-refractivity contribution in [1.29, 1.82) is 0 Å². The molecule has 0 atom stereocenters. The number of Topliss-reactive ketones (excluding diaryl/α,β-unsaturated/α-hetero) is 2. The lowest BCUT2D eigenvalue weighted by Gasteiger charge is -2.02. The Morgan fingerprint density at radius 1 is 1.11 bits per heavy atom. The van der Waals surface area contributed by atoms with Gasteiger partial charge in [0, 0.05) is 6.20 Å². The molecule has 0 amide bonds. The molecule has 0 spiro atoms. The van der Waals surface area contributed by atoms with E-state index in [2.05, 4.69) is 9.97 Å². The second-order valence-electron chi connectivity index (χ2n) is 3.63. The first kappa shape index (κ1) is 11.9. The minimum atomic E-state index is -0.434. The number of para-hydroxylation sites is 1. The number of hydrogen-bond acceptors (Lipinski definition) is 5. The maximum Gasteiger partial charge on any atom is 0.189 e. The van der Waals surface area contributed by atoms with Gasteiger partial charge in [-0.25, -0.2) is 9.97 Å². The highest BCUT2D eigenvalue weighted by Crippen LogP contribution is 2.18. The molecule has 0 unspecified atom stereocenters. The topological polar surface area (TPSA) is 80.2 Å². The third kappa shape index (κ3) is 2.57. The zero-order valence-electron chi connectivity index (χ0n) is 9.41. The van der Waals surface area contributed by atoms with Crippen molar-refractivity contribution in [2.75, 3.05) is 0 Å². The Labute approximate surface area is 103 Å². The van der Waals surface area contributed by atoms with Gasteiger partial charge in [-0.15, -0.1) is 0 Å². The predicted octanol–water partition coefficient (Wildman–Crippen LogP) is 1.64. The van der Waals surface area contributed by atoms with Crippen LogP contribution in [-0.4, -0.2) is 26.6 Å². The molecule has 0 radical (unpaired) electrons. The van der Waals surface area contributed by atoms with Crippen molar-refractivity contribution in [1.82, 2.24) is 9.97 Å². The van der Waals surface area contributed by atoms with Crippen LogP contribution in [0.15, 0.2) is 42.9 Å². The molecular weight excluding hydrogens is 232 g/mol. The summed E-state index contributed by atoms with van der Waals surface area (Å²) in [6.45, 7) is 0. The van der Waals surface area contributed by atoms with Crippen LogP contribution in [0.4, 0.5) is 0 Å². The van der Waals surface area contributed by atoms with Gasteiger partial charge in [0.05, 0.1) is 12.0 Å². The van der Waals surface area contributed by atoms with Gasteiger partial charge in [-0.2, -0.15) is 0 Å². The van der Waals surface area contributed by atoms with Crippen LogP contribution in [0.2, 0.25) is 0 Å². The molecule has 2 rings (SSSR count). The summed E-state index contributed by atoms with van der Waals surface area (Å²) in [7, 11) is 0. The highest BCUT2D eigenvalue weighted by atomic mass is 16.3. The molecule has 1 aromatic carbocycles. The Morgan fingerprint density at radius 2 is 1.89 bits per heavy atom. The van der Waals surface area contributed by atoms with Gasteiger partial charge in [0.25, 0.3) is 0 Å². The van der Waals surface area contributed by atoms with Crippen LogP contribution < -0.4 is 0 Å². The van der Waals surface area contributed by atoms with Crippen molar-refractivity contribution in [3.8, 4) is 5.75 Å². The first-order valence-electron chi connectivity index (χ1n) is 5.29. The van der Waals surface area contributed by atoms with Crippen LogP contribution >= 0.6 is 0 Å². The molecule has 0 saturated carbocycles. The van der Waals surface area contributed by atoms with Gasteiger partial charge in [0.2, 0.25) is 0 Å². The number of hydrogen-bond donors (Lipinski definition) is 1. The third-order valence-electron chi connectivity index (χ3n) is 2.39. The lowest BCUT2D eigenvalue weighted by Crippen LogP contribution is -2.10. The summed E-state index contributed by atoms with van der Waals surface area (Å²) in [6.07, 6.45) is 2.36. The zero-order chi connectivity index (χ0) is 13.0. The van der Waals surface area contributed by atoms with Gasteiger partial charge in [-0.3, -0.25) is 9.59 Å². The molecule has 5 nitrogen and oxygen atoms in total. The molecule has 90 valence electrons. The summed E-state index contributed by atoms with van der Waals surface area (Å²) in [6, 6.07) is 7.56. The molecule has 1 heterocycles. The molecule has 0 saturated heterocycles. The first-order chi connectivity index (χ1) is 8.68. The number of rotatable bonds is 4. The SMILES string of the molecule is O=C(CC(=O)c1ccccc1O)c1ccncn1. The highest BCUT2D eigenvalue weighted by molar-refractivity contribution is 6.13. The Kier molecular flexibility index (Phi) is 3.43. The lowest BCUT2D eigenvalue weighted by atomic mass is 10.0. The van der Waals surface area contributed by atoms with Crippen LogP contribution in [0.25, 0.3) is 0 Å². The van der Waals surface area contributed by atoms with E-state index in [4.69, 9.17) is 0 Å². The van der Waals surface area contributed by atoms with Crippen molar-refractivity contribution >= 4 is 11.6 Å². The summed E-state index contributed by atoms with van der Waals surface area (Å²) >= 11 is 0. The van der Waals surface area contributed by atoms with E-state index in [0.717, 1.165) is 0 Å². The van der Waals surface area contributed by atoms with Gasteiger partial charge in [-0.05, 0) is 18.2 Å². The molecule has 2 aromatic rings. The number of carbonyl (C=O) groups excluding carboxylic acids is 2. The van der Waals surface area contributed by atoms with Gasteiger partial charge in [0.15, 0.2) is 11.6 Å². The fourth-order valence-corrected chi connectivity index (χ4v) is 1.50. The van der Waals surface area contributed by atoms with Crippen LogP contribution in [0.3, 0.4) is 0 Å². The number of aromatic hydroxyl groups is 1. The minimum Gasteiger partial charge on any atom is -0.507 e. The summed E-state index contributed by atoms with van der Waals surface area (Å²) in [5.41, 5.74) is 0.327. The maximum absolute atomic E-state index is 11.8. The molecule has 0 bridgehead atoms. The molecule has 1 N–H and O–H groups in total. The van der Waals surface area contributed by atoms with Crippen molar-refractivity contribution in [3.63, 3.8) is 0 Å². The second kappa shape index (κ2) is 5.18. The zero-order valence-corrected chi connectivity index (χ0v) is 9.41. The fraction of sp³-hybridized carbons (Fsp3) is 0.0769. The van der Waals surface area contributed by atoms with Crippen LogP contribution in [0, 0.1) is 0 Å². The van der Waals surface area contributed by atoms with E-state index in [-0.39, 0.29) is 23.4 Å². The van der Waals surface area contributed by atoms with E-state index in [0.29, 0.717) is 0 Å². The average Bonchev–Trinajstić information content (AvgIpc) is 2.40. The van der Waals surface area contributed by atoms with Crippen LogP contribution in [0.5, 0.6) is 5.75 Å². The first-order valence-corrected chi connectivity index (χ1v) is 5.29. The predicted molar refractivity (Wildman–Crippen MR) is 63.4 cm³/mol. The van der Waals surface area contributed by atoms with E-state index < -0.39 is 11.6 Å². The molecular formula is C13H10N2O3. The van der Waals surface area contributed by atoms with Gasteiger partial charge < -0.3 is 5.11 Å². The Bertz CT molecular complexity index is 582. The normalized spacial score (nSPS) is 10.0. The monoisotopic (exact) mass is 242 g/mol. The van der Waals surface area contributed by atoms with Crippen molar-refractivity contribution in [2.45, 2.75) is 6.42 Å². The molecule has 5 heteroatoms. The summed E-state index contributed by atoms with van der Waals surface area (Å²) in [5.74, 6) is -0.958. The number of nitrogens with zero attached hydrogens (tertiary/aromatic N) is 2. The number of carbonyl (C=O) groups is 2. The largest absolute Gasteiger partial charge is 0.507 e. The Balaban J connectivity index is 2.14. The van der Waals surface area contributed by atoms with Crippen molar-refractivity contribution in [2.24, 2.45) is 0 Å². The van der Waals surface area contributed by atoms with E-state index in [1.807, 2.05) is 0 Å². The van der Waals surface area contributed by atoms with Crippen LogP contribution in [-0.2, 0) is 0 Å². The summed E-state index contributed by atoms with van der Waals surface area (Å²) < 4.78 is 0. The number of phenols is 1. The van der Waals surface area contributed by atoms with Crippen molar-refractivity contribution < 1.29 is 14.7 Å². The van der Waals surface area contributed by atoms with Gasteiger partial charge in [-0.1, -0.05) is 12.1 Å². The van der Waals surface area contributed by atoms with Crippen molar-refractivity contribution in [3.05, 3.63) is 54.1 Å². The molecule has 1 aromatic heterocycles. The molecule has 0 aliphatic rings. The van der Waals surface area contributed by atoms with E-state index in [1.165, 1.54) is 30.7 Å². The number of ketones is 2. The number of phenolic OH excluding ortho intramolecular Hbond substituents is 1. The standard InChI is InChI=1S/C13H10N2O3/c16-11-4-2-1-3-9(11)12(17)7-13(18)10-5-6-14-8-15-10/h1-6,8,16H,7H2. The summed E-state index contributed by atoms with van der Waals surface area (Å²) in [4.78, 5) is 31.0. The molecule has 0 aliphatic heterocycles. The minimum absolute atomic E-state index is 0.127. The molecule has 0 fully saturated rings. The number of benzene rings is 1. The Morgan fingerprint density at radius 3 is 2.56 bits per heavy atom. The van der Waals surface area contributed by atoms with Crippen LogP contribution in [0.1, 0.15) is 27.3 Å². The molecule has 18 heavy (non-hydrogen) atoms. The van der Waals surface area contributed by atoms with E-state index in [9.17, 15) is 14.7 Å². The second-order valence-corrected chi connectivity index (χ2v) is 3.63. The van der Waals surface area contributed by atoms with E-state index in [1.54, 1.807) is 12.1 Å². The average molecular weight is 242 g/mol. The third-order valence-corrected chi connectivity index (χ3v) is 2.39. The smallest absolute Gasteiger partial charge is 0.189 e. The summed E-state index contributed by atoms with van der Waals surface area (Å²) in [5, 5.41) is 9.51. The van der Waals surface area contributed by atoms with Gasteiger partial charge >= 0.3 is 0 Å². The molecule has 0 aliphatic carbocycles. The quantitative estimate of drug-likeness (QED) is 0.651. The maximum atomic E-state index is 11.8.